The van der Waals surface area contributed by atoms with Gasteiger partial charge >= 0.3 is 0 Å². The number of halogens is 1. The van der Waals surface area contributed by atoms with E-state index >= 15 is 0 Å². The van der Waals surface area contributed by atoms with Crippen LogP contribution in [0.4, 0.5) is 0 Å². The lowest BCUT2D eigenvalue weighted by molar-refractivity contribution is 0.146. The zero-order valence-corrected chi connectivity index (χ0v) is 19.7. The summed E-state index contributed by atoms with van der Waals surface area (Å²) in [4.78, 5) is 6.88. The largest absolute Gasteiger partial charge is 0.468 e. The standard InChI is InChI=1S/C21H29N7O.HI/c1-22-21(23-11-10-20-26-25-19-9-3-6-14-28(19)20)24-16-17(18-8-7-15-29-18)27-12-4-2-5-13-27;/h3,6-9,14-15,17H,2,4-5,10-13,16H2,1H3,(H2,22,23,24);1H. The average Bonchev–Trinajstić information content (AvgIpc) is 3.44. The Hall–Kier alpha value is -2.14. The predicted octanol–water partition coefficient (Wildman–Crippen LogP) is 2.88. The SMILES string of the molecule is CN=C(NCCc1nnc2ccccn12)NCC(c1ccco1)N1CCCCC1.I. The van der Waals surface area contributed by atoms with Crippen LogP contribution in [0.1, 0.15) is 36.9 Å². The summed E-state index contributed by atoms with van der Waals surface area (Å²) >= 11 is 0. The second-order valence-corrected chi connectivity index (χ2v) is 7.30. The van der Waals surface area contributed by atoms with Gasteiger partial charge in [-0.3, -0.25) is 14.3 Å². The van der Waals surface area contributed by atoms with E-state index in [0.29, 0.717) is 0 Å². The summed E-state index contributed by atoms with van der Waals surface area (Å²) in [5.41, 5.74) is 0.868. The van der Waals surface area contributed by atoms with Crippen LogP contribution in [0, 0.1) is 0 Å². The van der Waals surface area contributed by atoms with E-state index in [1.807, 2.05) is 34.9 Å². The van der Waals surface area contributed by atoms with E-state index in [4.69, 9.17) is 4.42 Å². The normalized spacial score (nSPS) is 16.2. The molecule has 4 heterocycles. The fraction of sp³-hybridized carbons (Fsp3) is 0.476. The molecule has 1 aliphatic rings. The van der Waals surface area contributed by atoms with Crippen molar-refractivity contribution in [2.24, 2.45) is 4.99 Å². The number of aromatic nitrogens is 3. The summed E-state index contributed by atoms with van der Waals surface area (Å²) in [6.45, 7) is 3.70. The molecule has 3 aromatic heterocycles. The third kappa shape index (κ3) is 5.51. The van der Waals surface area contributed by atoms with Crippen LogP contribution in [-0.4, -0.2) is 58.7 Å². The van der Waals surface area contributed by atoms with E-state index in [-0.39, 0.29) is 30.0 Å². The van der Waals surface area contributed by atoms with E-state index in [0.717, 1.165) is 55.8 Å². The number of guanidine groups is 1. The first-order chi connectivity index (χ1) is 14.3. The number of nitrogens with zero attached hydrogens (tertiary/aromatic N) is 5. The number of piperidine rings is 1. The molecule has 1 saturated heterocycles. The topological polar surface area (TPSA) is 83.0 Å². The lowest BCUT2D eigenvalue weighted by Crippen LogP contribution is -2.44. The van der Waals surface area contributed by atoms with Crippen LogP contribution >= 0.6 is 24.0 Å². The van der Waals surface area contributed by atoms with Crippen molar-refractivity contribution in [2.75, 3.05) is 33.2 Å². The number of aliphatic imine (C=N–C) groups is 1. The zero-order valence-electron chi connectivity index (χ0n) is 17.3. The van der Waals surface area contributed by atoms with Crippen LogP contribution in [0.2, 0.25) is 0 Å². The van der Waals surface area contributed by atoms with Crippen LogP contribution in [0.25, 0.3) is 5.65 Å². The monoisotopic (exact) mass is 523 g/mol. The van der Waals surface area contributed by atoms with Gasteiger partial charge in [-0.1, -0.05) is 12.5 Å². The smallest absolute Gasteiger partial charge is 0.191 e. The van der Waals surface area contributed by atoms with Gasteiger partial charge in [-0.25, -0.2) is 0 Å². The summed E-state index contributed by atoms with van der Waals surface area (Å²) in [6.07, 6.45) is 8.31. The molecule has 3 aromatic rings. The van der Waals surface area contributed by atoms with E-state index in [1.54, 1.807) is 13.3 Å². The second kappa shape index (κ2) is 11.3. The minimum Gasteiger partial charge on any atom is -0.468 e. The van der Waals surface area contributed by atoms with Crippen LogP contribution in [-0.2, 0) is 6.42 Å². The molecule has 0 bridgehead atoms. The predicted molar refractivity (Wildman–Crippen MR) is 128 cm³/mol. The van der Waals surface area contributed by atoms with Gasteiger partial charge in [0.05, 0.1) is 12.3 Å². The highest BCUT2D eigenvalue weighted by molar-refractivity contribution is 14.0. The second-order valence-electron chi connectivity index (χ2n) is 7.30. The Kier molecular flexibility index (Phi) is 8.50. The van der Waals surface area contributed by atoms with Gasteiger partial charge in [0.1, 0.15) is 11.6 Å². The van der Waals surface area contributed by atoms with Gasteiger partial charge in [0, 0.05) is 32.8 Å². The minimum absolute atomic E-state index is 0. The lowest BCUT2D eigenvalue weighted by Gasteiger charge is -2.33. The molecule has 0 aromatic carbocycles. The van der Waals surface area contributed by atoms with Crippen molar-refractivity contribution in [3.63, 3.8) is 0 Å². The first-order valence-electron chi connectivity index (χ1n) is 10.4. The van der Waals surface area contributed by atoms with Crippen molar-refractivity contribution in [3.05, 3.63) is 54.4 Å². The molecule has 0 spiro atoms. The summed E-state index contributed by atoms with van der Waals surface area (Å²) in [7, 11) is 1.80. The summed E-state index contributed by atoms with van der Waals surface area (Å²) in [5, 5.41) is 15.3. The van der Waals surface area contributed by atoms with Crippen LogP contribution in [0.15, 0.2) is 52.2 Å². The molecule has 30 heavy (non-hydrogen) atoms. The van der Waals surface area contributed by atoms with E-state index in [2.05, 4.69) is 36.8 Å². The number of fused-ring (bicyclic) bond motifs is 1. The minimum atomic E-state index is 0. The first-order valence-corrected chi connectivity index (χ1v) is 10.4. The van der Waals surface area contributed by atoms with Gasteiger partial charge < -0.3 is 15.1 Å². The molecule has 1 atom stereocenters. The molecule has 4 rings (SSSR count). The highest BCUT2D eigenvalue weighted by Gasteiger charge is 2.24. The van der Waals surface area contributed by atoms with Crippen LogP contribution in [0.5, 0.6) is 0 Å². The zero-order chi connectivity index (χ0) is 19.9. The maximum absolute atomic E-state index is 5.73. The summed E-state index contributed by atoms with van der Waals surface area (Å²) < 4.78 is 7.74. The van der Waals surface area contributed by atoms with E-state index in [9.17, 15) is 0 Å². The van der Waals surface area contributed by atoms with Crippen molar-refractivity contribution in [1.29, 1.82) is 0 Å². The Morgan fingerprint density at radius 3 is 2.77 bits per heavy atom. The number of nitrogens with one attached hydrogen (secondary N) is 2. The van der Waals surface area contributed by atoms with E-state index in [1.165, 1.54) is 19.3 Å². The fourth-order valence-electron chi connectivity index (χ4n) is 3.89. The van der Waals surface area contributed by atoms with Gasteiger partial charge in [0.25, 0.3) is 0 Å². The van der Waals surface area contributed by atoms with Crippen LogP contribution < -0.4 is 10.6 Å². The number of furan rings is 1. The lowest BCUT2D eigenvalue weighted by atomic mass is 10.1. The molecule has 162 valence electrons. The highest BCUT2D eigenvalue weighted by atomic mass is 127. The van der Waals surface area contributed by atoms with Gasteiger partial charge in [0.15, 0.2) is 11.6 Å². The highest BCUT2D eigenvalue weighted by Crippen LogP contribution is 2.24. The van der Waals surface area contributed by atoms with Gasteiger partial charge in [-0.05, 0) is 50.2 Å². The third-order valence-corrected chi connectivity index (χ3v) is 5.41. The molecule has 0 saturated carbocycles. The number of likely N-dealkylation sites (tertiary alicyclic amines) is 1. The summed E-state index contributed by atoms with van der Waals surface area (Å²) in [5.74, 6) is 2.72. The Balaban J connectivity index is 0.00000256. The van der Waals surface area contributed by atoms with Gasteiger partial charge in [-0.2, -0.15) is 0 Å². The third-order valence-electron chi connectivity index (χ3n) is 5.41. The van der Waals surface area contributed by atoms with Gasteiger partial charge in [0.2, 0.25) is 0 Å². The molecule has 9 heteroatoms. The van der Waals surface area contributed by atoms with Crippen LogP contribution in [0.3, 0.4) is 0 Å². The molecule has 0 radical (unpaired) electrons. The van der Waals surface area contributed by atoms with Crippen molar-refractivity contribution in [3.8, 4) is 0 Å². The Bertz CT molecular complexity index is 918. The first kappa shape index (κ1) is 22.5. The fourth-order valence-corrected chi connectivity index (χ4v) is 3.89. The molecular formula is C21H30IN7O. The number of hydrogen-bond donors (Lipinski definition) is 2. The molecule has 1 aliphatic heterocycles. The number of hydrogen-bond acceptors (Lipinski definition) is 5. The number of rotatable bonds is 7. The molecule has 1 fully saturated rings. The van der Waals surface area contributed by atoms with Crippen molar-refractivity contribution in [1.82, 2.24) is 30.1 Å². The molecule has 1 unspecified atom stereocenters. The molecule has 8 nitrogen and oxygen atoms in total. The Morgan fingerprint density at radius 1 is 1.13 bits per heavy atom. The van der Waals surface area contributed by atoms with Crippen molar-refractivity contribution < 1.29 is 4.42 Å². The van der Waals surface area contributed by atoms with Gasteiger partial charge in [-0.15, -0.1) is 34.2 Å². The quantitative estimate of drug-likeness (QED) is 0.282. The Morgan fingerprint density at radius 2 is 2.00 bits per heavy atom. The van der Waals surface area contributed by atoms with Crippen molar-refractivity contribution >= 4 is 35.6 Å². The molecule has 0 amide bonds. The average molecular weight is 523 g/mol. The molecule has 2 N–H and O–H groups in total. The maximum Gasteiger partial charge on any atom is 0.191 e. The molecule has 0 aliphatic carbocycles. The number of pyridine rings is 1. The van der Waals surface area contributed by atoms with Crippen molar-refractivity contribution in [2.45, 2.75) is 31.7 Å². The Labute approximate surface area is 194 Å². The maximum atomic E-state index is 5.73. The molecular weight excluding hydrogens is 493 g/mol. The summed E-state index contributed by atoms with van der Waals surface area (Å²) in [6, 6.07) is 10.2. The van der Waals surface area contributed by atoms with E-state index < -0.39 is 0 Å².